The predicted octanol–water partition coefficient (Wildman–Crippen LogP) is 8.01. The van der Waals surface area contributed by atoms with Crippen molar-refractivity contribution in [2.45, 2.75) is 13.1 Å². The summed E-state index contributed by atoms with van der Waals surface area (Å²) in [7, 11) is 2.04. The Morgan fingerprint density at radius 3 is 1.60 bits per heavy atom. The fraction of sp³-hybridized carbons (Fsp3) is 0.0769. The van der Waals surface area contributed by atoms with Crippen LogP contribution >= 0.6 is 0 Å². The Morgan fingerprint density at radius 2 is 1.02 bits per heavy atom. The number of hydrogen-bond acceptors (Lipinski definition) is 0. The van der Waals surface area contributed by atoms with Gasteiger partial charge in [0, 0.05) is 47.1 Å². The Kier molecular flexibility index (Phi) is 4.94. The molecule has 0 bridgehead atoms. The highest BCUT2D eigenvalue weighted by Gasteiger charge is 2.21. The third kappa shape index (κ3) is 3.47. The minimum absolute atomic E-state index is 0.846. The fourth-order valence-electron chi connectivity index (χ4n) is 7.03. The summed E-state index contributed by atoms with van der Waals surface area (Å²) in [6.07, 6.45) is 8.52. The van der Waals surface area contributed by atoms with Crippen molar-refractivity contribution in [1.29, 1.82) is 0 Å². The molecule has 0 unspecified atom stereocenters. The van der Waals surface area contributed by atoms with Gasteiger partial charge in [0.2, 0.25) is 0 Å². The minimum Gasteiger partial charge on any atom is -0.336 e. The number of aromatic nitrogens is 3. The van der Waals surface area contributed by atoms with E-state index in [0.29, 0.717) is 0 Å². The van der Waals surface area contributed by atoms with Crippen molar-refractivity contribution < 1.29 is 9.13 Å². The molecule has 0 aliphatic rings. The Hall–Kier alpha value is -5.28. The summed E-state index contributed by atoms with van der Waals surface area (Å²) >= 11 is 0. The molecule has 198 valence electrons. The van der Waals surface area contributed by atoms with E-state index in [1.165, 1.54) is 76.4 Å². The summed E-state index contributed by atoms with van der Waals surface area (Å²) in [4.78, 5) is 0. The molecule has 3 aromatic heterocycles. The molecule has 0 fully saturated rings. The van der Waals surface area contributed by atoms with Gasteiger partial charge in [-0.2, -0.15) is 0 Å². The highest BCUT2D eigenvalue weighted by Crippen LogP contribution is 2.46. The van der Waals surface area contributed by atoms with E-state index in [4.69, 9.17) is 0 Å². The molecular formula is C39H29N3+2. The van der Waals surface area contributed by atoms with Crippen LogP contribution < -0.4 is 9.13 Å². The second-order valence-electron chi connectivity index (χ2n) is 11.6. The quantitative estimate of drug-likeness (QED) is 0.119. The van der Waals surface area contributed by atoms with Gasteiger partial charge in [0.05, 0.1) is 11.0 Å². The largest absolute Gasteiger partial charge is 0.336 e. The lowest BCUT2D eigenvalue weighted by Gasteiger charge is -2.12. The van der Waals surface area contributed by atoms with Crippen molar-refractivity contribution in [3.63, 3.8) is 0 Å². The van der Waals surface area contributed by atoms with E-state index in [9.17, 15) is 0 Å². The van der Waals surface area contributed by atoms with Crippen molar-refractivity contribution in [2.75, 3.05) is 0 Å². The maximum Gasteiger partial charge on any atom is 0.173 e. The summed E-state index contributed by atoms with van der Waals surface area (Å²) < 4.78 is 6.83. The number of rotatable bonds is 5. The van der Waals surface area contributed by atoms with Gasteiger partial charge in [0.15, 0.2) is 31.3 Å². The highest BCUT2D eigenvalue weighted by atomic mass is 15.0. The smallest absolute Gasteiger partial charge is 0.173 e. The number of benzene rings is 6. The molecule has 0 amide bonds. The van der Waals surface area contributed by atoms with Gasteiger partial charge in [-0.3, -0.25) is 0 Å². The highest BCUT2D eigenvalue weighted by molar-refractivity contribution is 6.39. The molecule has 0 spiro atoms. The third-order valence-corrected chi connectivity index (χ3v) is 9.10. The molecule has 0 saturated carbocycles. The Morgan fingerprint density at radius 1 is 0.500 bits per heavy atom. The third-order valence-electron chi connectivity index (χ3n) is 9.10. The van der Waals surface area contributed by atoms with Gasteiger partial charge in [0.1, 0.15) is 7.05 Å². The number of fused-ring (bicyclic) bond motifs is 1. The zero-order valence-electron chi connectivity index (χ0n) is 23.5. The van der Waals surface area contributed by atoms with Crippen molar-refractivity contribution in [1.82, 2.24) is 4.57 Å². The first kappa shape index (κ1) is 23.4. The average Bonchev–Trinajstić information content (AvgIpc) is 3.36. The molecule has 3 heterocycles. The van der Waals surface area contributed by atoms with E-state index in [1.54, 1.807) is 0 Å². The van der Waals surface area contributed by atoms with Crippen molar-refractivity contribution in [2.24, 2.45) is 7.05 Å². The number of nitrogens with zero attached hydrogens (tertiary/aromatic N) is 3. The SMILES string of the molecule is C[n+]1ccc(-c2cc[n+](Cc3ccc(Cn4c5ccc6cccc7c8cccc9ccc4c(c98)c5c67)cc3)cc2)cc1. The van der Waals surface area contributed by atoms with Gasteiger partial charge in [-0.1, -0.05) is 72.8 Å². The molecule has 0 aliphatic heterocycles. The maximum absolute atomic E-state index is 2.52. The second kappa shape index (κ2) is 8.86. The van der Waals surface area contributed by atoms with E-state index >= 15 is 0 Å². The maximum atomic E-state index is 2.52. The molecule has 0 N–H and O–H groups in total. The molecule has 0 atom stereocenters. The Bertz CT molecular complexity index is 2280. The van der Waals surface area contributed by atoms with Crippen molar-refractivity contribution in [3.05, 3.63) is 145 Å². The van der Waals surface area contributed by atoms with E-state index in [-0.39, 0.29) is 0 Å². The molecular weight excluding hydrogens is 510 g/mol. The van der Waals surface area contributed by atoms with E-state index in [0.717, 1.165) is 13.1 Å². The lowest BCUT2D eigenvalue weighted by molar-refractivity contribution is -0.688. The first-order valence-corrected chi connectivity index (χ1v) is 14.6. The van der Waals surface area contributed by atoms with Gasteiger partial charge in [0.25, 0.3) is 0 Å². The standard InChI is InChI=1S/C39H29N3/c1-40-20-16-28(17-21-40)29-18-22-41(23-19-29)24-26-8-10-27(11-9-26)25-42-34-14-12-30-4-2-6-32-33-7-3-5-31-13-15-35(42)39(37(31)33)38(34)36(30)32/h2-23H,24-25H2,1H3/q+2. The van der Waals surface area contributed by atoms with Gasteiger partial charge in [-0.25, -0.2) is 9.13 Å². The number of hydrogen-bond donors (Lipinski definition) is 0. The van der Waals surface area contributed by atoms with E-state index in [2.05, 4.69) is 148 Å². The monoisotopic (exact) mass is 539 g/mol. The summed E-state index contributed by atoms with van der Waals surface area (Å²) in [5.74, 6) is 0. The van der Waals surface area contributed by atoms with Gasteiger partial charge >= 0.3 is 0 Å². The molecule has 0 radical (unpaired) electrons. The average molecular weight is 540 g/mol. The Labute approximate surface area is 243 Å². The van der Waals surface area contributed by atoms with Crippen LogP contribution in [0.4, 0.5) is 0 Å². The minimum atomic E-state index is 0.846. The van der Waals surface area contributed by atoms with Gasteiger partial charge in [-0.05, 0) is 61.1 Å². The molecule has 3 heteroatoms. The Balaban J connectivity index is 1.07. The molecule has 3 nitrogen and oxygen atoms in total. The predicted molar refractivity (Wildman–Crippen MR) is 172 cm³/mol. The zero-order valence-corrected chi connectivity index (χ0v) is 23.5. The number of aryl methyl sites for hydroxylation is 1. The lowest BCUT2D eigenvalue weighted by atomic mass is 9.90. The lowest BCUT2D eigenvalue weighted by Crippen LogP contribution is -2.33. The van der Waals surface area contributed by atoms with Crippen LogP contribution in [0.25, 0.3) is 65.3 Å². The van der Waals surface area contributed by atoms with Crippen LogP contribution in [0.2, 0.25) is 0 Å². The van der Waals surface area contributed by atoms with Crippen LogP contribution in [0.15, 0.2) is 134 Å². The van der Waals surface area contributed by atoms with Crippen LogP contribution in [0.3, 0.4) is 0 Å². The zero-order chi connectivity index (χ0) is 27.8. The van der Waals surface area contributed by atoms with Crippen LogP contribution in [0, 0.1) is 0 Å². The fourth-order valence-corrected chi connectivity index (χ4v) is 7.03. The first-order chi connectivity index (χ1) is 20.7. The van der Waals surface area contributed by atoms with Crippen molar-refractivity contribution in [3.8, 4) is 11.1 Å². The summed E-state index contributed by atoms with van der Waals surface area (Å²) in [5, 5.41) is 10.9. The van der Waals surface area contributed by atoms with Crippen LogP contribution in [-0.4, -0.2) is 4.57 Å². The molecule has 0 aliphatic carbocycles. The first-order valence-electron chi connectivity index (χ1n) is 14.6. The molecule has 9 rings (SSSR count). The van der Waals surface area contributed by atoms with Crippen LogP contribution in [0.5, 0.6) is 0 Å². The second-order valence-corrected chi connectivity index (χ2v) is 11.6. The summed E-state index contributed by atoms with van der Waals surface area (Å²) in [6.45, 7) is 1.70. The number of pyridine rings is 2. The van der Waals surface area contributed by atoms with Gasteiger partial charge in [-0.15, -0.1) is 0 Å². The summed E-state index contributed by atoms with van der Waals surface area (Å²) in [6, 6.07) is 40.6. The molecule has 42 heavy (non-hydrogen) atoms. The van der Waals surface area contributed by atoms with Crippen LogP contribution in [-0.2, 0) is 20.1 Å². The van der Waals surface area contributed by atoms with E-state index < -0.39 is 0 Å². The summed E-state index contributed by atoms with van der Waals surface area (Å²) in [5.41, 5.74) is 7.72. The van der Waals surface area contributed by atoms with Crippen molar-refractivity contribution >= 4 is 54.1 Å². The van der Waals surface area contributed by atoms with Crippen LogP contribution in [0.1, 0.15) is 11.1 Å². The van der Waals surface area contributed by atoms with E-state index in [1.807, 2.05) is 7.05 Å². The molecule has 9 aromatic rings. The topological polar surface area (TPSA) is 12.7 Å². The van der Waals surface area contributed by atoms with Gasteiger partial charge < -0.3 is 4.57 Å². The molecule has 6 aromatic carbocycles. The normalized spacial score (nSPS) is 12.1. The molecule has 0 saturated heterocycles.